The molecule has 31 heavy (non-hydrogen) atoms. The van der Waals surface area contributed by atoms with Crippen molar-refractivity contribution in [3.8, 4) is 5.75 Å². The highest BCUT2D eigenvalue weighted by Crippen LogP contribution is 2.19. The monoisotopic (exact) mass is 438 g/mol. The van der Waals surface area contributed by atoms with Crippen molar-refractivity contribution in [1.29, 1.82) is 0 Å². The lowest BCUT2D eigenvalue weighted by Crippen LogP contribution is -2.45. The van der Waals surface area contributed by atoms with E-state index in [1.54, 1.807) is 17.6 Å². The van der Waals surface area contributed by atoms with Gasteiger partial charge in [-0.2, -0.15) is 0 Å². The van der Waals surface area contributed by atoms with E-state index in [-0.39, 0.29) is 18.1 Å². The summed E-state index contributed by atoms with van der Waals surface area (Å²) in [5.41, 5.74) is 4.14. The molecular formula is C23H26N4O3S. The molecule has 0 saturated carbocycles. The number of thiazole rings is 1. The number of hydrogen-bond donors (Lipinski definition) is 1. The fraction of sp³-hybridized carbons (Fsp3) is 0.348. The Bertz CT molecular complexity index is 984. The summed E-state index contributed by atoms with van der Waals surface area (Å²) >= 11 is 1.53. The standard InChI is InChI=1S/C23H26N4O3S/c1-16-11-27(12-17(2)30-16)22-7-6-18(9-24-22)10-25-23(28)19-4-3-5-21(8-19)29-13-20-14-31-15-26-20/h3-9,14-17H,10-13H2,1-2H3,(H,25,28). The molecule has 2 unspecified atom stereocenters. The van der Waals surface area contributed by atoms with E-state index in [2.05, 4.69) is 34.0 Å². The lowest BCUT2D eigenvalue weighted by molar-refractivity contribution is -0.00546. The molecule has 4 rings (SSSR count). The molecule has 1 fully saturated rings. The number of carbonyl (C=O) groups excluding carboxylic acids is 1. The molecule has 0 spiro atoms. The number of aromatic nitrogens is 2. The van der Waals surface area contributed by atoms with Crippen LogP contribution in [0.25, 0.3) is 0 Å². The van der Waals surface area contributed by atoms with Gasteiger partial charge in [0.15, 0.2) is 0 Å². The summed E-state index contributed by atoms with van der Waals surface area (Å²) in [5.74, 6) is 1.42. The van der Waals surface area contributed by atoms with Crippen molar-refractivity contribution in [3.05, 3.63) is 70.3 Å². The Morgan fingerprint density at radius 1 is 1.23 bits per heavy atom. The molecule has 1 aliphatic rings. The van der Waals surface area contributed by atoms with Crippen LogP contribution in [0.2, 0.25) is 0 Å². The Morgan fingerprint density at radius 2 is 2.06 bits per heavy atom. The first-order chi connectivity index (χ1) is 15.1. The fourth-order valence-electron chi connectivity index (χ4n) is 3.55. The van der Waals surface area contributed by atoms with Crippen molar-refractivity contribution in [2.24, 2.45) is 0 Å². The number of amides is 1. The minimum Gasteiger partial charge on any atom is -0.487 e. The highest BCUT2D eigenvalue weighted by atomic mass is 32.1. The minimum atomic E-state index is -0.154. The van der Waals surface area contributed by atoms with Gasteiger partial charge in [0.05, 0.1) is 23.4 Å². The molecule has 3 aromatic rings. The molecule has 1 aromatic carbocycles. The number of pyridine rings is 1. The van der Waals surface area contributed by atoms with Crippen LogP contribution in [0, 0.1) is 0 Å². The van der Waals surface area contributed by atoms with E-state index >= 15 is 0 Å². The Hall–Kier alpha value is -2.97. The molecule has 1 saturated heterocycles. The molecule has 1 amide bonds. The number of nitrogens with zero attached hydrogens (tertiary/aromatic N) is 3. The van der Waals surface area contributed by atoms with Crippen molar-refractivity contribution in [1.82, 2.24) is 15.3 Å². The molecule has 0 bridgehead atoms. The van der Waals surface area contributed by atoms with Gasteiger partial charge in [0.25, 0.3) is 5.91 Å². The highest BCUT2D eigenvalue weighted by Gasteiger charge is 2.23. The average Bonchev–Trinajstić information content (AvgIpc) is 3.30. The van der Waals surface area contributed by atoms with Gasteiger partial charge in [-0.3, -0.25) is 4.79 Å². The Kier molecular flexibility index (Phi) is 6.79. The van der Waals surface area contributed by atoms with Crippen LogP contribution in [0.5, 0.6) is 5.75 Å². The smallest absolute Gasteiger partial charge is 0.251 e. The summed E-state index contributed by atoms with van der Waals surface area (Å²) in [4.78, 5) is 23.6. The van der Waals surface area contributed by atoms with E-state index in [0.717, 1.165) is 30.2 Å². The molecule has 2 aromatic heterocycles. The maximum Gasteiger partial charge on any atom is 0.251 e. The van der Waals surface area contributed by atoms with E-state index in [1.165, 1.54) is 11.3 Å². The summed E-state index contributed by atoms with van der Waals surface area (Å²) in [6.45, 7) is 6.60. The van der Waals surface area contributed by atoms with Crippen LogP contribution in [0.1, 0.15) is 35.5 Å². The van der Waals surface area contributed by atoms with Gasteiger partial charge in [-0.05, 0) is 43.7 Å². The third-order valence-electron chi connectivity index (χ3n) is 4.97. The Balaban J connectivity index is 1.31. The number of nitrogens with one attached hydrogen (secondary N) is 1. The third kappa shape index (κ3) is 5.80. The number of morpholine rings is 1. The predicted molar refractivity (Wildman–Crippen MR) is 121 cm³/mol. The first-order valence-corrected chi connectivity index (χ1v) is 11.2. The van der Waals surface area contributed by atoms with E-state index in [0.29, 0.717) is 24.5 Å². The molecule has 1 aliphatic heterocycles. The predicted octanol–water partition coefficient (Wildman–Crippen LogP) is 3.66. The Labute approximate surface area is 186 Å². The maximum atomic E-state index is 12.6. The third-order valence-corrected chi connectivity index (χ3v) is 5.61. The Morgan fingerprint density at radius 3 is 2.77 bits per heavy atom. The number of rotatable bonds is 7. The number of carbonyl (C=O) groups is 1. The lowest BCUT2D eigenvalue weighted by atomic mass is 10.2. The van der Waals surface area contributed by atoms with Gasteiger partial charge in [0.1, 0.15) is 18.2 Å². The molecule has 0 radical (unpaired) electrons. The summed E-state index contributed by atoms with van der Waals surface area (Å²) in [5, 5.41) is 4.89. The first-order valence-electron chi connectivity index (χ1n) is 10.3. The van der Waals surface area contributed by atoms with E-state index in [9.17, 15) is 4.79 Å². The number of ether oxygens (including phenoxy) is 2. The van der Waals surface area contributed by atoms with Crippen molar-refractivity contribution < 1.29 is 14.3 Å². The zero-order valence-corrected chi connectivity index (χ0v) is 18.5. The van der Waals surface area contributed by atoms with Crippen LogP contribution in [-0.2, 0) is 17.9 Å². The number of hydrogen-bond acceptors (Lipinski definition) is 7. The molecule has 7 nitrogen and oxygen atoms in total. The second kappa shape index (κ2) is 9.89. The molecule has 2 atom stereocenters. The zero-order valence-electron chi connectivity index (χ0n) is 17.7. The van der Waals surface area contributed by atoms with E-state index in [4.69, 9.17) is 9.47 Å². The van der Waals surface area contributed by atoms with Crippen molar-refractivity contribution in [3.63, 3.8) is 0 Å². The number of benzene rings is 1. The van der Waals surface area contributed by atoms with Crippen molar-refractivity contribution in [2.75, 3.05) is 18.0 Å². The van der Waals surface area contributed by atoms with Crippen LogP contribution in [0.3, 0.4) is 0 Å². The van der Waals surface area contributed by atoms with Gasteiger partial charge < -0.3 is 19.7 Å². The largest absolute Gasteiger partial charge is 0.487 e. The molecule has 8 heteroatoms. The van der Waals surface area contributed by atoms with Gasteiger partial charge >= 0.3 is 0 Å². The molecule has 3 heterocycles. The van der Waals surface area contributed by atoms with Gasteiger partial charge in [-0.15, -0.1) is 11.3 Å². The van der Waals surface area contributed by atoms with Crippen LogP contribution in [0.15, 0.2) is 53.5 Å². The van der Waals surface area contributed by atoms with Crippen LogP contribution in [0.4, 0.5) is 5.82 Å². The summed E-state index contributed by atoms with van der Waals surface area (Å²) < 4.78 is 11.5. The topological polar surface area (TPSA) is 76.6 Å². The fourth-order valence-corrected chi connectivity index (χ4v) is 4.09. The van der Waals surface area contributed by atoms with Crippen LogP contribution >= 0.6 is 11.3 Å². The summed E-state index contributed by atoms with van der Waals surface area (Å²) in [6, 6.07) is 11.2. The van der Waals surface area contributed by atoms with E-state index < -0.39 is 0 Å². The molecule has 162 valence electrons. The summed E-state index contributed by atoms with van der Waals surface area (Å²) in [6.07, 6.45) is 2.19. The van der Waals surface area contributed by atoms with E-state index in [1.807, 2.05) is 35.8 Å². The quantitative estimate of drug-likeness (QED) is 0.607. The maximum absolute atomic E-state index is 12.6. The number of anilines is 1. The van der Waals surface area contributed by atoms with Crippen LogP contribution < -0.4 is 15.0 Å². The average molecular weight is 439 g/mol. The minimum absolute atomic E-state index is 0.154. The summed E-state index contributed by atoms with van der Waals surface area (Å²) in [7, 11) is 0. The van der Waals surface area contributed by atoms with Gasteiger partial charge in [-0.25, -0.2) is 9.97 Å². The van der Waals surface area contributed by atoms with Crippen molar-refractivity contribution >= 4 is 23.1 Å². The SMILES string of the molecule is CC1CN(c2ccc(CNC(=O)c3cccc(OCc4cscn4)c3)cn2)CC(C)O1. The lowest BCUT2D eigenvalue weighted by Gasteiger charge is -2.36. The van der Waals surface area contributed by atoms with Gasteiger partial charge in [0, 0.05) is 36.8 Å². The second-order valence-corrected chi connectivity index (χ2v) is 8.38. The van der Waals surface area contributed by atoms with Crippen molar-refractivity contribution in [2.45, 2.75) is 39.2 Å². The molecule has 1 N–H and O–H groups in total. The van der Waals surface area contributed by atoms with Crippen LogP contribution in [-0.4, -0.2) is 41.2 Å². The normalized spacial score (nSPS) is 18.6. The zero-order chi connectivity index (χ0) is 21.6. The van der Waals surface area contributed by atoms with Gasteiger partial charge in [-0.1, -0.05) is 12.1 Å². The first kappa shape index (κ1) is 21.3. The van der Waals surface area contributed by atoms with Gasteiger partial charge in [0.2, 0.25) is 0 Å². The second-order valence-electron chi connectivity index (χ2n) is 7.67. The molecular weight excluding hydrogens is 412 g/mol. The molecule has 0 aliphatic carbocycles. The highest BCUT2D eigenvalue weighted by molar-refractivity contribution is 7.07.